The molecule has 6 atom stereocenters. The Hall–Kier alpha value is -7.78. The summed E-state index contributed by atoms with van der Waals surface area (Å²) in [5, 5.41) is 36.8. The minimum atomic E-state index is -1.65. The van der Waals surface area contributed by atoms with Crippen molar-refractivity contribution in [3.8, 4) is 5.75 Å². The zero-order chi connectivity index (χ0) is 57.9. The Morgan fingerprint density at radius 3 is 1.66 bits per heavy atom. The van der Waals surface area contributed by atoms with E-state index in [-0.39, 0.29) is 106 Å². The summed E-state index contributed by atoms with van der Waals surface area (Å²) < 4.78 is 0. The van der Waals surface area contributed by atoms with Crippen LogP contribution in [0.25, 0.3) is 0 Å². The van der Waals surface area contributed by atoms with Crippen LogP contribution in [0.3, 0.4) is 0 Å². The molecule has 0 saturated carbocycles. The number of non-ortho nitro benzene ring substituents is 1. The molecular weight excluding hydrogens is 1000 g/mol. The molecule has 0 bridgehead atoms. The Kier molecular flexibility index (Phi) is 28.3. The van der Waals surface area contributed by atoms with Gasteiger partial charge in [0.2, 0.25) is 29.5 Å². The van der Waals surface area contributed by atoms with Gasteiger partial charge in [0, 0.05) is 31.8 Å². The SMILES string of the molecule is CCN(C(=O)CNC(=O)CNC(=O)[C@H](Cc1ccc(O)cc1)NC)[C@H](CC(C)C)C(=O)N(C(=O)[C@H](CCCN=C(N)N)NC)C(=O)[C@H](CCCN=C(N)N)NC(=O)[C@H](CC(C)C)NC(=O)[C@@H](N)Cc1ccc([N+](=O)[O-])cc1. The van der Waals surface area contributed by atoms with Gasteiger partial charge in [-0.3, -0.25) is 58.5 Å². The number of aliphatic imine (C=N–C) groups is 2. The third-order valence-corrected chi connectivity index (χ3v) is 12.0. The fourth-order valence-electron chi connectivity index (χ4n) is 8.00. The number of aromatic hydroxyl groups is 1. The number of nitrogens with two attached hydrogens (primary N) is 5. The number of phenols is 1. The van der Waals surface area contributed by atoms with Crippen LogP contribution in [0.15, 0.2) is 58.5 Å². The molecule has 17 N–H and O–H groups in total. The molecule has 0 saturated heterocycles. The predicted octanol–water partition coefficient (Wildman–Crippen LogP) is -1.91. The molecule has 426 valence electrons. The highest BCUT2D eigenvalue weighted by Gasteiger charge is 2.43. The summed E-state index contributed by atoms with van der Waals surface area (Å²) >= 11 is 0. The summed E-state index contributed by atoms with van der Waals surface area (Å²) in [5.74, 6) is -7.93. The number of nitro groups is 1. The predicted molar refractivity (Wildman–Crippen MR) is 289 cm³/mol. The Morgan fingerprint density at radius 2 is 1.16 bits per heavy atom. The lowest BCUT2D eigenvalue weighted by Gasteiger charge is -2.36. The molecule has 27 nitrogen and oxygen atoms in total. The van der Waals surface area contributed by atoms with Crippen LogP contribution < -0.4 is 60.6 Å². The first kappa shape index (κ1) is 65.3. The first-order chi connectivity index (χ1) is 36.3. The number of carbonyl (C=O) groups is 8. The maximum Gasteiger partial charge on any atom is 0.269 e. The van der Waals surface area contributed by atoms with Gasteiger partial charge in [0.25, 0.3) is 23.4 Å². The average molecular weight is 1080 g/mol. The smallest absolute Gasteiger partial charge is 0.269 e. The molecule has 2 aromatic carbocycles. The quantitative estimate of drug-likeness (QED) is 0.0122. The average Bonchev–Trinajstić information content (AvgIpc) is 3.37. The summed E-state index contributed by atoms with van der Waals surface area (Å²) in [6, 6.07) is 4.07. The van der Waals surface area contributed by atoms with Crippen molar-refractivity contribution in [2.45, 2.75) is 122 Å². The van der Waals surface area contributed by atoms with Gasteiger partial charge in [0.1, 0.15) is 23.9 Å². The normalized spacial score (nSPS) is 13.4. The summed E-state index contributed by atoms with van der Waals surface area (Å²) in [7, 11) is 3.00. The van der Waals surface area contributed by atoms with Crippen LogP contribution in [-0.2, 0) is 51.2 Å². The lowest BCUT2D eigenvalue weighted by Crippen LogP contribution is -2.63. The van der Waals surface area contributed by atoms with E-state index in [1.165, 1.54) is 43.4 Å². The molecule has 0 unspecified atom stereocenters. The highest BCUT2D eigenvalue weighted by atomic mass is 16.6. The van der Waals surface area contributed by atoms with Gasteiger partial charge in [-0.2, -0.15) is 0 Å². The molecule has 77 heavy (non-hydrogen) atoms. The second kappa shape index (κ2) is 33.3. The first-order valence-electron chi connectivity index (χ1n) is 25.4. The van der Waals surface area contributed by atoms with Gasteiger partial charge in [0.05, 0.1) is 36.1 Å². The number of rotatable bonds is 33. The van der Waals surface area contributed by atoms with E-state index in [4.69, 9.17) is 28.7 Å². The highest BCUT2D eigenvalue weighted by molar-refractivity contribution is 6.16. The number of amides is 8. The van der Waals surface area contributed by atoms with Gasteiger partial charge in [-0.05, 0) is 107 Å². The number of nitro benzene ring substituents is 1. The topological polar surface area (TPSA) is 433 Å². The zero-order valence-corrected chi connectivity index (χ0v) is 45.1. The monoisotopic (exact) mass is 1080 g/mol. The van der Waals surface area contributed by atoms with Gasteiger partial charge in [-0.25, -0.2) is 4.90 Å². The number of hydrogen-bond donors (Lipinski definition) is 12. The van der Waals surface area contributed by atoms with Crippen LogP contribution >= 0.6 is 0 Å². The van der Waals surface area contributed by atoms with Gasteiger partial charge >= 0.3 is 0 Å². The third-order valence-electron chi connectivity index (χ3n) is 12.0. The molecule has 8 amide bonds. The molecule has 0 aliphatic rings. The number of carbonyl (C=O) groups excluding carboxylic acids is 8. The molecule has 2 aromatic rings. The summed E-state index contributed by atoms with van der Waals surface area (Å²) in [6.07, 6.45) is 0.150. The molecule has 0 heterocycles. The number of likely N-dealkylation sites (N-methyl/N-ethyl adjacent to an activating group) is 3. The van der Waals surface area contributed by atoms with Crippen molar-refractivity contribution in [2.24, 2.45) is 50.5 Å². The molecule has 27 heteroatoms. The minimum absolute atomic E-state index is 0.00697. The van der Waals surface area contributed by atoms with Crippen LogP contribution in [0.5, 0.6) is 5.75 Å². The number of phenolic OH excluding ortho intramolecular Hbond substituents is 1. The second-order valence-corrected chi connectivity index (χ2v) is 19.1. The Labute approximate surface area is 448 Å². The largest absolute Gasteiger partial charge is 0.508 e. The number of nitrogens with one attached hydrogen (secondary N) is 6. The molecule has 2 rings (SSSR count). The van der Waals surface area contributed by atoms with Gasteiger partial charge in [0.15, 0.2) is 11.9 Å². The van der Waals surface area contributed by atoms with Crippen molar-refractivity contribution < 1.29 is 48.4 Å². The molecule has 0 spiro atoms. The van der Waals surface area contributed by atoms with Crippen LogP contribution in [0.1, 0.15) is 84.3 Å². The Bertz CT molecular complexity index is 2360. The number of imide groups is 3. The van der Waals surface area contributed by atoms with E-state index >= 15 is 9.59 Å². The van der Waals surface area contributed by atoms with Crippen molar-refractivity contribution in [3.63, 3.8) is 0 Å². The van der Waals surface area contributed by atoms with Crippen molar-refractivity contribution >= 4 is 64.9 Å². The van der Waals surface area contributed by atoms with Crippen LogP contribution in [0.2, 0.25) is 0 Å². The van der Waals surface area contributed by atoms with E-state index in [0.717, 1.165) is 10.5 Å². The van der Waals surface area contributed by atoms with Crippen molar-refractivity contribution in [2.75, 3.05) is 46.8 Å². The van der Waals surface area contributed by atoms with Crippen molar-refractivity contribution in [3.05, 3.63) is 69.8 Å². The van der Waals surface area contributed by atoms with Crippen molar-refractivity contribution in [1.29, 1.82) is 0 Å². The van der Waals surface area contributed by atoms with E-state index in [2.05, 4.69) is 41.9 Å². The van der Waals surface area contributed by atoms with Gasteiger partial charge < -0.3 is 70.6 Å². The van der Waals surface area contributed by atoms with Gasteiger partial charge in [-0.15, -0.1) is 0 Å². The Morgan fingerprint density at radius 1 is 0.649 bits per heavy atom. The summed E-state index contributed by atoms with van der Waals surface area (Å²) in [6.45, 7) is 7.38. The number of guanidine groups is 2. The summed E-state index contributed by atoms with van der Waals surface area (Å²) in [4.78, 5) is 134. The molecule has 0 aromatic heterocycles. The lowest BCUT2D eigenvalue weighted by atomic mass is 9.98. The van der Waals surface area contributed by atoms with E-state index in [1.807, 2.05) is 0 Å². The third kappa shape index (κ3) is 22.9. The van der Waals surface area contributed by atoms with E-state index < -0.39 is 102 Å². The molecular formula is C50H80N16O11. The molecule has 0 fully saturated rings. The standard InChI is InChI=1S/C50H80N16O11/c1-8-64(42(69)28-60-41(68)27-61-44(71)38(57-7)26-32-15-19-34(67)20-16-32)40(24-30(4)5)48(75)65(46(73)36(56-6)11-9-21-58-49(52)53)47(74)37(12-10-22-59-50(54)55)62-45(72)39(23-29(2)3)63-43(70)35(51)25-31-13-17-33(18-14-31)66(76)77/h13-20,29-30,35-40,56-57,67H,8-12,21-28,51H2,1-7H3,(H,60,68)(H,61,71)(H,62,72)(H,63,70)(H4,52,53,58)(H4,54,55,59)/t35-,36-,37-,38-,39-,40+/m0/s1. The Balaban J connectivity index is 2.57. The van der Waals surface area contributed by atoms with E-state index in [9.17, 15) is 44.0 Å². The maximum atomic E-state index is 15.3. The van der Waals surface area contributed by atoms with Crippen LogP contribution in [0.4, 0.5) is 5.69 Å². The minimum Gasteiger partial charge on any atom is -0.508 e. The van der Waals surface area contributed by atoms with E-state index in [0.29, 0.717) is 10.5 Å². The van der Waals surface area contributed by atoms with Crippen LogP contribution in [0, 0.1) is 22.0 Å². The zero-order valence-electron chi connectivity index (χ0n) is 45.1. The fourth-order valence-corrected chi connectivity index (χ4v) is 8.00. The number of nitrogens with zero attached hydrogens (tertiary/aromatic N) is 5. The molecule has 0 aliphatic heterocycles. The molecule has 0 radical (unpaired) electrons. The summed E-state index contributed by atoms with van der Waals surface area (Å²) in [5.41, 5.74) is 29.5. The number of benzene rings is 2. The second-order valence-electron chi connectivity index (χ2n) is 19.1. The molecule has 0 aliphatic carbocycles. The van der Waals surface area contributed by atoms with Gasteiger partial charge in [-0.1, -0.05) is 52.0 Å². The van der Waals surface area contributed by atoms with Crippen LogP contribution in [-0.4, -0.2) is 162 Å². The lowest BCUT2D eigenvalue weighted by molar-refractivity contribution is -0.384. The fraction of sp³-hybridized carbons (Fsp3) is 0.560. The maximum absolute atomic E-state index is 15.3. The first-order valence-corrected chi connectivity index (χ1v) is 25.4. The van der Waals surface area contributed by atoms with Crippen molar-refractivity contribution in [1.82, 2.24) is 41.7 Å². The van der Waals surface area contributed by atoms with E-state index in [1.54, 1.807) is 53.8 Å². The number of hydrogen-bond acceptors (Lipinski definition) is 16. The highest BCUT2D eigenvalue weighted by Crippen LogP contribution is 2.20.